The maximum atomic E-state index is 5.93. The van der Waals surface area contributed by atoms with Crippen molar-refractivity contribution in [2.75, 3.05) is 25.2 Å². The molecule has 134 valence electrons. The van der Waals surface area contributed by atoms with Gasteiger partial charge in [-0.05, 0) is 24.6 Å². The van der Waals surface area contributed by atoms with Gasteiger partial charge in [0.1, 0.15) is 11.4 Å². The summed E-state index contributed by atoms with van der Waals surface area (Å²) in [6.45, 7) is 4.25. The number of hydrogen-bond donors (Lipinski definition) is 0. The lowest BCUT2D eigenvalue weighted by Crippen LogP contribution is -2.23. The Morgan fingerprint density at radius 2 is 2.08 bits per heavy atom. The minimum absolute atomic E-state index is 0.228. The van der Waals surface area contributed by atoms with Crippen LogP contribution in [0.25, 0.3) is 0 Å². The third-order valence-electron chi connectivity index (χ3n) is 4.51. The SMILES string of the molecule is COc1cccc(N2CCOC2c2cn(Cc3cccc(C)c3)nn2)c1. The summed E-state index contributed by atoms with van der Waals surface area (Å²) in [5, 5.41) is 8.63. The van der Waals surface area contributed by atoms with Crippen molar-refractivity contribution in [1.29, 1.82) is 0 Å². The van der Waals surface area contributed by atoms with E-state index in [9.17, 15) is 0 Å². The van der Waals surface area contributed by atoms with Crippen LogP contribution in [0.1, 0.15) is 23.0 Å². The molecule has 1 fully saturated rings. The van der Waals surface area contributed by atoms with Crippen LogP contribution in [0.3, 0.4) is 0 Å². The Kier molecular flexibility index (Phi) is 4.58. The second-order valence-electron chi connectivity index (χ2n) is 6.45. The summed E-state index contributed by atoms with van der Waals surface area (Å²) in [5.74, 6) is 0.830. The third kappa shape index (κ3) is 3.41. The zero-order valence-electron chi connectivity index (χ0n) is 15.0. The molecule has 0 bridgehead atoms. The molecule has 1 aromatic heterocycles. The molecule has 1 aliphatic heterocycles. The first-order chi connectivity index (χ1) is 12.7. The molecule has 0 saturated carbocycles. The molecule has 0 radical (unpaired) electrons. The van der Waals surface area contributed by atoms with Crippen LogP contribution in [0.4, 0.5) is 5.69 Å². The predicted molar refractivity (Wildman–Crippen MR) is 99.3 cm³/mol. The van der Waals surface area contributed by atoms with E-state index in [-0.39, 0.29) is 6.23 Å². The lowest BCUT2D eigenvalue weighted by Gasteiger charge is -2.23. The van der Waals surface area contributed by atoms with Crippen molar-refractivity contribution in [2.45, 2.75) is 19.7 Å². The van der Waals surface area contributed by atoms with Crippen LogP contribution >= 0.6 is 0 Å². The molecule has 1 saturated heterocycles. The van der Waals surface area contributed by atoms with E-state index >= 15 is 0 Å². The lowest BCUT2D eigenvalue weighted by molar-refractivity contribution is 0.110. The minimum atomic E-state index is -0.228. The molecule has 3 aromatic rings. The van der Waals surface area contributed by atoms with E-state index < -0.39 is 0 Å². The number of methoxy groups -OCH3 is 1. The Morgan fingerprint density at radius 1 is 1.19 bits per heavy atom. The normalized spacial score (nSPS) is 16.8. The lowest BCUT2D eigenvalue weighted by atomic mass is 10.1. The van der Waals surface area contributed by atoms with Gasteiger partial charge < -0.3 is 14.4 Å². The molecule has 26 heavy (non-hydrogen) atoms. The maximum absolute atomic E-state index is 5.93. The fourth-order valence-corrected chi connectivity index (χ4v) is 3.27. The standard InChI is InChI=1S/C20H22N4O2/c1-15-5-3-6-16(11-15)13-23-14-19(21-22-23)20-24(9-10-26-20)17-7-4-8-18(12-17)25-2/h3-8,11-12,14,20H,9-10,13H2,1-2H3. The first-order valence-corrected chi connectivity index (χ1v) is 8.71. The van der Waals surface area contributed by atoms with Crippen molar-refractivity contribution in [1.82, 2.24) is 15.0 Å². The van der Waals surface area contributed by atoms with Gasteiger partial charge in [0.2, 0.25) is 0 Å². The average molecular weight is 350 g/mol. The molecule has 2 heterocycles. The molecule has 4 rings (SSSR count). The molecule has 1 unspecified atom stereocenters. The second kappa shape index (κ2) is 7.17. The highest BCUT2D eigenvalue weighted by atomic mass is 16.5. The Labute approximate surface area is 153 Å². The number of aryl methyl sites for hydroxylation is 1. The highest BCUT2D eigenvalue weighted by Crippen LogP contribution is 2.32. The van der Waals surface area contributed by atoms with E-state index in [4.69, 9.17) is 9.47 Å². The molecule has 0 N–H and O–H groups in total. The van der Waals surface area contributed by atoms with E-state index in [1.807, 2.05) is 29.1 Å². The smallest absolute Gasteiger partial charge is 0.177 e. The van der Waals surface area contributed by atoms with Crippen LogP contribution in [0.2, 0.25) is 0 Å². The molecule has 0 aliphatic carbocycles. The number of anilines is 1. The summed E-state index contributed by atoms with van der Waals surface area (Å²) in [6, 6.07) is 16.4. The highest BCUT2D eigenvalue weighted by molar-refractivity contribution is 5.52. The number of aromatic nitrogens is 3. The van der Waals surface area contributed by atoms with Gasteiger partial charge in [-0.1, -0.05) is 41.1 Å². The Bertz CT molecular complexity index is 893. The van der Waals surface area contributed by atoms with Gasteiger partial charge >= 0.3 is 0 Å². The van der Waals surface area contributed by atoms with Crippen LogP contribution in [-0.4, -0.2) is 35.3 Å². The van der Waals surface area contributed by atoms with Crippen LogP contribution < -0.4 is 9.64 Å². The number of rotatable bonds is 5. The number of ether oxygens (including phenoxy) is 2. The van der Waals surface area contributed by atoms with Gasteiger partial charge in [-0.2, -0.15) is 0 Å². The topological polar surface area (TPSA) is 52.4 Å². The molecule has 2 aromatic carbocycles. The van der Waals surface area contributed by atoms with Gasteiger partial charge in [0.25, 0.3) is 0 Å². The van der Waals surface area contributed by atoms with E-state index in [2.05, 4.69) is 52.5 Å². The second-order valence-corrected chi connectivity index (χ2v) is 6.45. The van der Waals surface area contributed by atoms with Gasteiger partial charge in [-0.15, -0.1) is 5.10 Å². The van der Waals surface area contributed by atoms with Crippen LogP contribution in [0.15, 0.2) is 54.7 Å². The van der Waals surface area contributed by atoms with Crippen LogP contribution in [0.5, 0.6) is 5.75 Å². The van der Waals surface area contributed by atoms with Gasteiger partial charge in [0.05, 0.1) is 26.5 Å². The van der Waals surface area contributed by atoms with Crippen molar-refractivity contribution < 1.29 is 9.47 Å². The van der Waals surface area contributed by atoms with Gasteiger partial charge in [-0.25, -0.2) is 4.68 Å². The molecule has 6 heteroatoms. The molecular weight excluding hydrogens is 328 g/mol. The zero-order valence-corrected chi connectivity index (χ0v) is 15.0. The fourth-order valence-electron chi connectivity index (χ4n) is 3.27. The molecule has 1 aliphatic rings. The quantitative estimate of drug-likeness (QED) is 0.707. The average Bonchev–Trinajstić information content (AvgIpc) is 3.31. The van der Waals surface area contributed by atoms with E-state index in [0.717, 1.165) is 23.7 Å². The van der Waals surface area contributed by atoms with E-state index in [1.54, 1.807) is 7.11 Å². The number of benzene rings is 2. The summed E-state index contributed by atoms with van der Waals surface area (Å²) in [5.41, 5.74) is 4.32. The minimum Gasteiger partial charge on any atom is -0.497 e. The number of nitrogens with zero attached hydrogens (tertiary/aromatic N) is 4. The number of hydrogen-bond acceptors (Lipinski definition) is 5. The fraction of sp³-hybridized carbons (Fsp3) is 0.300. The zero-order chi connectivity index (χ0) is 17.9. The Morgan fingerprint density at radius 3 is 2.92 bits per heavy atom. The van der Waals surface area contributed by atoms with Crippen molar-refractivity contribution in [3.8, 4) is 5.75 Å². The largest absolute Gasteiger partial charge is 0.497 e. The Balaban J connectivity index is 1.54. The van der Waals surface area contributed by atoms with Crippen LogP contribution in [0, 0.1) is 6.92 Å². The summed E-state index contributed by atoms with van der Waals surface area (Å²) < 4.78 is 13.1. The van der Waals surface area contributed by atoms with Crippen molar-refractivity contribution in [3.05, 3.63) is 71.5 Å². The van der Waals surface area contributed by atoms with Crippen LogP contribution in [-0.2, 0) is 11.3 Å². The molecule has 1 atom stereocenters. The van der Waals surface area contributed by atoms with Crippen molar-refractivity contribution in [2.24, 2.45) is 0 Å². The van der Waals surface area contributed by atoms with E-state index in [0.29, 0.717) is 13.2 Å². The third-order valence-corrected chi connectivity index (χ3v) is 4.51. The van der Waals surface area contributed by atoms with Crippen molar-refractivity contribution in [3.63, 3.8) is 0 Å². The summed E-state index contributed by atoms with van der Waals surface area (Å²) >= 11 is 0. The molecule has 0 amide bonds. The first-order valence-electron chi connectivity index (χ1n) is 8.71. The summed E-state index contributed by atoms with van der Waals surface area (Å²) in [7, 11) is 1.67. The predicted octanol–water partition coefficient (Wildman–Crippen LogP) is 3.18. The molecule has 6 nitrogen and oxygen atoms in total. The summed E-state index contributed by atoms with van der Waals surface area (Å²) in [4.78, 5) is 2.18. The first kappa shape index (κ1) is 16.6. The monoisotopic (exact) mass is 350 g/mol. The van der Waals surface area contributed by atoms with Gasteiger partial charge in [-0.3, -0.25) is 0 Å². The van der Waals surface area contributed by atoms with Gasteiger partial charge in [0, 0.05) is 18.3 Å². The van der Waals surface area contributed by atoms with E-state index in [1.165, 1.54) is 11.1 Å². The highest BCUT2D eigenvalue weighted by Gasteiger charge is 2.29. The molecule has 0 spiro atoms. The van der Waals surface area contributed by atoms with Crippen molar-refractivity contribution >= 4 is 5.69 Å². The maximum Gasteiger partial charge on any atom is 0.177 e. The molecular formula is C20H22N4O2. The van der Waals surface area contributed by atoms with Gasteiger partial charge in [0.15, 0.2) is 6.23 Å². The Hall–Kier alpha value is -2.86. The summed E-state index contributed by atoms with van der Waals surface area (Å²) in [6.07, 6.45) is 1.74.